The van der Waals surface area contributed by atoms with Gasteiger partial charge in [0, 0.05) is 75.0 Å². The van der Waals surface area contributed by atoms with Crippen LogP contribution >= 0.6 is 0 Å². The number of piperidine rings is 1. The van der Waals surface area contributed by atoms with Gasteiger partial charge in [-0.2, -0.15) is 0 Å². The van der Waals surface area contributed by atoms with Crippen molar-refractivity contribution in [3.63, 3.8) is 0 Å². The predicted octanol–water partition coefficient (Wildman–Crippen LogP) is 9.81. The van der Waals surface area contributed by atoms with Gasteiger partial charge in [0.15, 0.2) is 8.32 Å². The van der Waals surface area contributed by atoms with E-state index in [1.54, 1.807) is 26.2 Å². The minimum absolute atomic E-state index is 0.0191. The lowest BCUT2D eigenvalue weighted by molar-refractivity contribution is -0.141. The lowest BCUT2D eigenvalue weighted by Gasteiger charge is -2.48. The maximum absolute atomic E-state index is 15.6. The summed E-state index contributed by atoms with van der Waals surface area (Å²) in [5, 5.41) is 1.02. The van der Waals surface area contributed by atoms with E-state index in [4.69, 9.17) is 28.1 Å². The van der Waals surface area contributed by atoms with Gasteiger partial charge >= 0.3 is 6.09 Å². The Morgan fingerprint density at radius 1 is 0.850 bits per heavy atom. The third-order valence-electron chi connectivity index (χ3n) is 12.2. The van der Waals surface area contributed by atoms with Crippen LogP contribution in [0.5, 0.6) is 17.2 Å². The molecule has 6 rings (SSSR count). The van der Waals surface area contributed by atoms with Crippen molar-refractivity contribution in [3.05, 3.63) is 89.6 Å². The fourth-order valence-electron chi connectivity index (χ4n) is 7.95. The van der Waals surface area contributed by atoms with Crippen molar-refractivity contribution < 1.29 is 37.7 Å². The number of methoxy groups -OCH3 is 3. The Labute approximate surface area is 358 Å². The fraction of sp³-hybridized carbons (Fsp3) is 0.542. The number of aryl methyl sites for hydroxylation is 1. The van der Waals surface area contributed by atoms with Crippen LogP contribution in [0.4, 0.5) is 4.79 Å². The highest BCUT2D eigenvalue weighted by atomic mass is 28.4. The number of hydrogen-bond acceptors (Lipinski definition) is 8. The number of amides is 2. The monoisotopic (exact) mass is 841 g/mol. The molecule has 1 aliphatic heterocycles. The van der Waals surface area contributed by atoms with Gasteiger partial charge in [-0.15, -0.1) is 0 Å². The van der Waals surface area contributed by atoms with Gasteiger partial charge in [-0.25, -0.2) is 4.79 Å². The second kappa shape index (κ2) is 18.6. The first-order chi connectivity index (χ1) is 28.4. The van der Waals surface area contributed by atoms with Crippen molar-refractivity contribution in [3.8, 4) is 17.2 Å². The molecule has 1 saturated carbocycles. The fourth-order valence-corrected chi connectivity index (χ4v) is 9.28. The second-order valence-corrected chi connectivity index (χ2v) is 23.7. The molecule has 0 bridgehead atoms. The number of carbonyl (C=O) groups is 2. The van der Waals surface area contributed by atoms with Crippen molar-refractivity contribution >= 4 is 31.2 Å². The van der Waals surface area contributed by atoms with Crippen LogP contribution in [0.3, 0.4) is 0 Å². The summed E-state index contributed by atoms with van der Waals surface area (Å²) in [4.78, 5) is 33.5. The SMILES string of the molecule is COCCCn1cc(CN(C(=O)[C@H]2CN(C(=O)OC(C)(C)C)C[C@@H](O[Si](C)(C)C(C)(C)C)[C@@H]2c2cccc(OCc3cc(OC)cc(OC)c3)c2)C2CC2)c2ccccc21. The summed E-state index contributed by atoms with van der Waals surface area (Å²) >= 11 is 0. The number of fused-ring (bicyclic) bond motifs is 1. The lowest BCUT2D eigenvalue weighted by Crippen LogP contribution is -2.59. The Morgan fingerprint density at radius 3 is 2.18 bits per heavy atom. The number of para-hydroxylation sites is 1. The molecule has 3 atom stereocenters. The number of likely N-dealkylation sites (tertiary alicyclic amines) is 1. The largest absolute Gasteiger partial charge is 0.497 e. The van der Waals surface area contributed by atoms with Gasteiger partial charge < -0.3 is 42.5 Å². The Hall–Kier alpha value is -4.52. The Bertz CT molecular complexity index is 2080. The maximum Gasteiger partial charge on any atom is 0.410 e. The molecule has 2 heterocycles. The highest BCUT2D eigenvalue weighted by molar-refractivity contribution is 6.74. The molecule has 60 heavy (non-hydrogen) atoms. The van der Waals surface area contributed by atoms with Gasteiger partial charge in [0.25, 0.3) is 0 Å². The quantitative estimate of drug-likeness (QED) is 0.0813. The molecule has 0 radical (unpaired) electrons. The van der Waals surface area contributed by atoms with Crippen LogP contribution in [0.2, 0.25) is 18.1 Å². The average molecular weight is 842 g/mol. The van der Waals surface area contributed by atoms with Gasteiger partial charge in [0.2, 0.25) is 5.91 Å². The number of aromatic nitrogens is 1. The van der Waals surface area contributed by atoms with Gasteiger partial charge in [-0.3, -0.25) is 4.79 Å². The van der Waals surface area contributed by atoms with Crippen LogP contribution in [0.15, 0.2) is 72.9 Å². The summed E-state index contributed by atoms with van der Waals surface area (Å²) in [5.74, 6) is 1.06. The summed E-state index contributed by atoms with van der Waals surface area (Å²) in [7, 11) is 2.54. The van der Waals surface area contributed by atoms with E-state index in [0.29, 0.717) is 36.9 Å². The van der Waals surface area contributed by atoms with E-state index in [-0.39, 0.29) is 36.1 Å². The summed E-state index contributed by atoms with van der Waals surface area (Å²) < 4.78 is 38.4. The van der Waals surface area contributed by atoms with Crippen LogP contribution in [-0.4, -0.2) is 93.5 Å². The highest BCUT2D eigenvalue weighted by Gasteiger charge is 2.50. The molecule has 2 amide bonds. The van der Waals surface area contributed by atoms with Crippen molar-refractivity contribution in [1.29, 1.82) is 0 Å². The summed E-state index contributed by atoms with van der Waals surface area (Å²) in [6.45, 7) is 19.5. The molecule has 1 saturated heterocycles. The van der Waals surface area contributed by atoms with Crippen LogP contribution in [0, 0.1) is 5.92 Å². The first-order valence-electron chi connectivity index (χ1n) is 21.4. The molecule has 326 valence electrons. The van der Waals surface area contributed by atoms with Gasteiger partial charge in [0.1, 0.15) is 29.5 Å². The number of rotatable bonds is 16. The number of hydrogen-bond donors (Lipinski definition) is 0. The maximum atomic E-state index is 15.6. The normalized spacial score (nSPS) is 18.6. The van der Waals surface area contributed by atoms with E-state index in [1.807, 2.05) is 57.2 Å². The van der Waals surface area contributed by atoms with E-state index in [0.717, 1.165) is 53.4 Å². The van der Waals surface area contributed by atoms with Crippen molar-refractivity contribution in [2.75, 3.05) is 41.0 Å². The lowest BCUT2D eigenvalue weighted by atomic mass is 9.77. The number of carbonyl (C=O) groups excluding carboxylic acids is 2. The van der Waals surface area contributed by atoms with Crippen LogP contribution in [0.25, 0.3) is 10.9 Å². The van der Waals surface area contributed by atoms with Gasteiger partial charge in [-0.1, -0.05) is 51.1 Å². The van der Waals surface area contributed by atoms with E-state index in [9.17, 15) is 4.79 Å². The van der Waals surface area contributed by atoms with E-state index in [2.05, 4.69) is 79.9 Å². The van der Waals surface area contributed by atoms with Crippen molar-refractivity contribution in [1.82, 2.24) is 14.4 Å². The molecule has 3 aromatic carbocycles. The molecule has 1 aromatic heterocycles. The smallest absolute Gasteiger partial charge is 0.410 e. The average Bonchev–Trinajstić information content (AvgIpc) is 3.99. The number of benzene rings is 3. The summed E-state index contributed by atoms with van der Waals surface area (Å²) in [5.41, 5.74) is 3.38. The van der Waals surface area contributed by atoms with Crippen LogP contribution < -0.4 is 14.2 Å². The molecule has 11 nitrogen and oxygen atoms in total. The van der Waals surface area contributed by atoms with E-state index in [1.165, 1.54) is 0 Å². The Morgan fingerprint density at radius 2 is 1.55 bits per heavy atom. The molecule has 12 heteroatoms. The summed E-state index contributed by atoms with van der Waals surface area (Å²) in [6.07, 6.45) is 4.04. The van der Waals surface area contributed by atoms with E-state index >= 15 is 4.79 Å². The van der Waals surface area contributed by atoms with Gasteiger partial charge in [0.05, 0.1) is 26.2 Å². The first kappa shape index (κ1) is 45.0. The zero-order valence-electron chi connectivity index (χ0n) is 37.7. The minimum Gasteiger partial charge on any atom is -0.497 e. The van der Waals surface area contributed by atoms with Crippen LogP contribution in [0.1, 0.15) is 83.4 Å². The molecule has 2 fully saturated rings. The molecule has 0 spiro atoms. The zero-order valence-corrected chi connectivity index (χ0v) is 38.7. The molecule has 1 aliphatic carbocycles. The summed E-state index contributed by atoms with van der Waals surface area (Å²) in [6, 6.07) is 22.3. The van der Waals surface area contributed by atoms with Crippen molar-refractivity contribution in [2.45, 2.75) is 122 Å². The topological polar surface area (TPSA) is 101 Å². The first-order valence-corrected chi connectivity index (χ1v) is 24.3. The van der Waals surface area contributed by atoms with Crippen molar-refractivity contribution in [2.24, 2.45) is 5.92 Å². The highest BCUT2D eigenvalue weighted by Crippen LogP contribution is 2.45. The third kappa shape index (κ3) is 10.9. The predicted molar refractivity (Wildman–Crippen MR) is 238 cm³/mol. The molecule has 0 unspecified atom stereocenters. The van der Waals surface area contributed by atoms with E-state index < -0.39 is 32.0 Å². The molecular weight excluding hydrogens is 775 g/mol. The molecule has 0 N–H and O–H groups in total. The standard InChI is InChI=1S/C48H67N3O8Si/c1-47(2,3)58-46(53)50-30-41(45(52)51(36-20-21-36)29-35-28-49(22-15-23-54-7)42-19-13-12-18-40(35)42)44(43(31-50)59-60(10,11)48(4,5)6)34-16-14-17-37(26-34)57-32-33-24-38(55-8)27-39(25-33)56-9/h12-14,16-19,24-28,36,41,43-44H,15,20-23,29-32H2,1-11H3/t41-,43+,44+/m0/s1. The molecule has 2 aliphatic rings. The Kier molecular flexibility index (Phi) is 14.0. The molecule has 4 aromatic rings. The Balaban J connectivity index is 1.41. The minimum atomic E-state index is -2.44. The zero-order chi connectivity index (χ0) is 43.4. The van der Waals surface area contributed by atoms with Crippen LogP contribution in [-0.2, 0) is 38.4 Å². The number of nitrogens with zero attached hydrogens (tertiary/aromatic N) is 3. The molecular formula is C48H67N3O8Si. The third-order valence-corrected chi connectivity index (χ3v) is 16.7. The van der Waals surface area contributed by atoms with Gasteiger partial charge in [-0.05, 0) is 105 Å². The second-order valence-electron chi connectivity index (χ2n) is 18.9. The number of ether oxygens (including phenoxy) is 5.